The van der Waals surface area contributed by atoms with Crippen molar-refractivity contribution in [2.45, 2.75) is 13.2 Å². The first-order valence-corrected chi connectivity index (χ1v) is 5.06. The molecule has 0 aromatic carbocycles. The monoisotopic (exact) mass is 213 g/mol. The third-order valence-electron chi connectivity index (χ3n) is 2.12. The zero-order valence-electron chi connectivity index (χ0n) is 9.39. The molecule has 15 heavy (non-hydrogen) atoms. The van der Waals surface area contributed by atoms with Gasteiger partial charge in [0, 0.05) is 13.1 Å². The van der Waals surface area contributed by atoms with Crippen LogP contribution in [0.5, 0.6) is 0 Å². The second-order valence-electron chi connectivity index (χ2n) is 3.65. The van der Waals surface area contributed by atoms with E-state index in [4.69, 9.17) is 9.84 Å². The van der Waals surface area contributed by atoms with Gasteiger partial charge in [0.25, 0.3) is 0 Å². The maximum absolute atomic E-state index is 8.97. The average Bonchev–Trinajstić information content (AvgIpc) is 2.64. The lowest BCUT2D eigenvalue weighted by atomic mass is 10.5. The number of ether oxygens (including phenoxy) is 1. The summed E-state index contributed by atoms with van der Waals surface area (Å²) in [6.07, 6.45) is 3.38. The van der Waals surface area contributed by atoms with Crippen LogP contribution in [-0.2, 0) is 17.9 Å². The molecule has 0 saturated carbocycles. The number of nitrogens with zero attached hydrogens (tertiary/aromatic N) is 3. The number of aliphatic hydroxyl groups excluding tert-OH is 1. The number of imidazole rings is 1. The Morgan fingerprint density at radius 2 is 2.27 bits per heavy atom. The Morgan fingerprint density at radius 3 is 2.93 bits per heavy atom. The molecular weight excluding hydrogens is 194 g/mol. The highest BCUT2D eigenvalue weighted by molar-refractivity contribution is 4.95. The van der Waals surface area contributed by atoms with Crippen LogP contribution in [0, 0.1) is 0 Å². The van der Waals surface area contributed by atoms with Crippen molar-refractivity contribution in [2.75, 3.05) is 33.9 Å². The van der Waals surface area contributed by atoms with Crippen molar-refractivity contribution in [1.82, 2.24) is 14.5 Å². The first-order chi connectivity index (χ1) is 7.24. The lowest BCUT2D eigenvalue weighted by Gasteiger charge is -2.10. The van der Waals surface area contributed by atoms with Gasteiger partial charge in [0.15, 0.2) is 0 Å². The SMILES string of the molecule is CN(C)CCOCCn1cncc1CO. The van der Waals surface area contributed by atoms with Gasteiger partial charge in [-0.25, -0.2) is 4.98 Å². The van der Waals surface area contributed by atoms with E-state index in [1.54, 1.807) is 12.5 Å². The Kier molecular flexibility index (Phi) is 5.31. The summed E-state index contributed by atoms with van der Waals surface area (Å²) in [6.45, 7) is 3.07. The molecule has 1 heterocycles. The summed E-state index contributed by atoms with van der Waals surface area (Å²) in [5.74, 6) is 0. The van der Waals surface area contributed by atoms with E-state index in [9.17, 15) is 0 Å². The largest absolute Gasteiger partial charge is 0.390 e. The quantitative estimate of drug-likeness (QED) is 0.645. The van der Waals surface area contributed by atoms with E-state index in [2.05, 4.69) is 9.88 Å². The number of rotatable bonds is 7. The number of hydrogen-bond acceptors (Lipinski definition) is 4. The maximum atomic E-state index is 8.97. The van der Waals surface area contributed by atoms with Crippen LogP contribution < -0.4 is 0 Å². The van der Waals surface area contributed by atoms with Gasteiger partial charge in [-0.15, -0.1) is 0 Å². The van der Waals surface area contributed by atoms with Crippen LogP contribution in [0.3, 0.4) is 0 Å². The van der Waals surface area contributed by atoms with Crippen molar-refractivity contribution in [3.05, 3.63) is 18.2 Å². The highest BCUT2D eigenvalue weighted by Gasteiger charge is 1.99. The third kappa shape index (κ3) is 4.42. The van der Waals surface area contributed by atoms with Gasteiger partial charge in [-0.1, -0.05) is 0 Å². The van der Waals surface area contributed by atoms with E-state index in [0.29, 0.717) is 6.61 Å². The van der Waals surface area contributed by atoms with E-state index < -0.39 is 0 Å². The van der Waals surface area contributed by atoms with E-state index >= 15 is 0 Å². The van der Waals surface area contributed by atoms with Gasteiger partial charge in [-0.2, -0.15) is 0 Å². The minimum atomic E-state index is 0.0255. The van der Waals surface area contributed by atoms with Crippen molar-refractivity contribution in [3.63, 3.8) is 0 Å². The van der Waals surface area contributed by atoms with Crippen LogP contribution in [0.1, 0.15) is 5.69 Å². The van der Waals surface area contributed by atoms with Crippen molar-refractivity contribution < 1.29 is 9.84 Å². The summed E-state index contributed by atoms with van der Waals surface area (Å²) < 4.78 is 7.34. The summed E-state index contributed by atoms with van der Waals surface area (Å²) in [5.41, 5.74) is 0.825. The second kappa shape index (κ2) is 6.55. The summed E-state index contributed by atoms with van der Waals surface area (Å²) in [7, 11) is 4.03. The first kappa shape index (κ1) is 12.2. The normalized spacial score (nSPS) is 11.2. The molecule has 0 bridgehead atoms. The minimum Gasteiger partial charge on any atom is -0.390 e. The highest BCUT2D eigenvalue weighted by atomic mass is 16.5. The molecule has 0 spiro atoms. The fourth-order valence-corrected chi connectivity index (χ4v) is 1.19. The molecule has 0 aliphatic carbocycles. The molecule has 0 aliphatic rings. The van der Waals surface area contributed by atoms with E-state index in [1.807, 2.05) is 18.7 Å². The molecular formula is C10H19N3O2. The van der Waals surface area contributed by atoms with Crippen LogP contribution >= 0.6 is 0 Å². The van der Waals surface area contributed by atoms with Crippen molar-refractivity contribution in [1.29, 1.82) is 0 Å². The molecule has 0 unspecified atom stereocenters. The Bertz CT molecular complexity index is 273. The molecule has 1 aromatic rings. The zero-order chi connectivity index (χ0) is 11.1. The van der Waals surface area contributed by atoms with Crippen LogP contribution in [0.4, 0.5) is 0 Å². The van der Waals surface area contributed by atoms with E-state index in [-0.39, 0.29) is 6.61 Å². The van der Waals surface area contributed by atoms with E-state index in [0.717, 1.165) is 25.4 Å². The summed E-state index contributed by atoms with van der Waals surface area (Å²) in [6, 6.07) is 0. The maximum Gasteiger partial charge on any atom is 0.0949 e. The Labute approximate surface area is 90.3 Å². The predicted molar refractivity (Wildman–Crippen MR) is 57.5 cm³/mol. The molecule has 1 aromatic heterocycles. The van der Waals surface area contributed by atoms with Crippen LogP contribution in [0.25, 0.3) is 0 Å². The fourth-order valence-electron chi connectivity index (χ4n) is 1.19. The van der Waals surface area contributed by atoms with Gasteiger partial charge in [-0.05, 0) is 14.1 Å². The van der Waals surface area contributed by atoms with Gasteiger partial charge in [-0.3, -0.25) is 0 Å². The Hall–Kier alpha value is -0.910. The Balaban J connectivity index is 2.15. The predicted octanol–water partition coefficient (Wildman–Crippen LogP) is -0.0464. The van der Waals surface area contributed by atoms with Crippen LogP contribution in [-0.4, -0.2) is 53.4 Å². The lowest BCUT2D eigenvalue weighted by Crippen LogP contribution is -2.19. The Morgan fingerprint density at radius 1 is 1.47 bits per heavy atom. The van der Waals surface area contributed by atoms with Crippen molar-refractivity contribution in [2.24, 2.45) is 0 Å². The molecule has 0 amide bonds. The number of aliphatic hydroxyl groups is 1. The third-order valence-corrected chi connectivity index (χ3v) is 2.12. The minimum absolute atomic E-state index is 0.0255. The average molecular weight is 213 g/mol. The zero-order valence-corrected chi connectivity index (χ0v) is 9.39. The van der Waals surface area contributed by atoms with Gasteiger partial charge in [0.1, 0.15) is 0 Å². The van der Waals surface area contributed by atoms with Crippen LogP contribution in [0.15, 0.2) is 12.5 Å². The molecule has 5 heteroatoms. The number of likely N-dealkylation sites (N-methyl/N-ethyl adjacent to an activating group) is 1. The molecule has 86 valence electrons. The topological polar surface area (TPSA) is 50.5 Å². The standard InChI is InChI=1S/C10H19N3O2/c1-12(2)3-5-15-6-4-13-9-11-7-10(13)8-14/h7,9,14H,3-6,8H2,1-2H3. The molecule has 1 N–H and O–H groups in total. The van der Waals surface area contributed by atoms with Crippen molar-refractivity contribution >= 4 is 0 Å². The molecule has 0 saturated heterocycles. The summed E-state index contributed by atoms with van der Waals surface area (Å²) >= 11 is 0. The first-order valence-electron chi connectivity index (χ1n) is 5.06. The molecule has 0 atom stereocenters. The molecule has 1 rings (SSSR count). The smallest absolute Gasteiger partial charge is 0.0949 e. The number of aromatic nitrogens is 2. The van der Waals surface area contributed by atoms with Gasteiger partial charge >= 0.3 is 0 Å². The van der Waals surface area contributed by atoms with E-state index in [1.165, 1.54) is 0 Å². The summed E-state index contributed by atoms with van der Waals surface area (Å²) in [4.78, 5) is 6.04. The molecule has 0 aliphatic heterocycles. The van der Waals surface area contributed by atoms with Crippen molar-refractivity contribution in [3.8, 4) is 0 Å². The summed E-state index contributed by atoms with van der Waals surface area (Å²) in [5, 5.41) is 8.97. The lowest BCUT2D eigenvalue weighted by molar-refractivity contribution is 0.109. The molecule has 0 radical (unpaired) electrons. The van der Waals surface area contributed by atoms with Gasteiger partial charge in [0.2, 0.25) is 0 Å². The molecule has 0 fully saturated rings. The second-order valence-corrected chi connectivity index (χ2v) is 3.65. The fraction of sp³-hybridized carbons (Fsp3) is 0.700. The van der Waals surface area contributed by atoms with Crippen LogP contribution in [0.2, 0.25) is 0 Å². The number of hydrogen-bond donors (Lipinski definition) is 1. The molecule has 5 nitrogen and oxygen atoms in total. The highest BCUT2D eigenvalue weighted by Crippen LogP contribution is 1.98. The van der Waals surface area contributed by atoms with Gasteiger partial charge < -0.3 is 19.3 Å². The van der Waals surface area contributed by atoms with Gasteiger partial charge in [0.05, 0.1) is 38.0 Å².